The van der Waals surface area contributed by atoms with Crippen molar-refractivity contribution >= 4 is 0 Å². The van der Waals surface area contributed by atoms with Gasteiger partial charge in [-0.05, 0) is 38.7 Å². The summed E-state index contributed by atoms with van der Waals surface area (Å²) in [6, 6.07) is 20.9. The van der Waals surface area contributed by atoms with E-state index in [-0.39, 0.29) is 6.10 Å². The van der Waals surface area contributed by atoms with Crippen molar-refractivity contribution in [2.45, 2.75) is 25.5 Å². The summed E-state index contributed by atoms with van der Waals surface area (Å²) in [5.74, 6) is 0.923. The smallest absolute Gasteiger partial charge is 0.125 e. The monoisotopic (exact) mass is 269 g/mol. The minimum absolute atomic E-state index is 0.0796. The molecule has 2 unspecified atom stereocenters. The Balaban J connectivity index is 2.16. The van der Waals surface area contributed by atoms with E-state index in [1.54, 1.807) is 0 Å². The summed E-state index contributed by atoms with van der Waals surface area (Å²) < 4.78 is 6.19. The molecule has 2 rings (SSSR count). The van der Waals surface area contributed by atoms with Gasteiger partial charge in [-0.3, -0.25) is 0 Å². The second kappa shape index (κ2) is 7.11. The summed E-state index contributed by atoms with van der Waals surface area (Å²) in [5, 5.41) is 0. The predicted molar refractivity (Wildman–Crippen MR) is 84.0 cm³/mol. The van der Waals surface area contributed by atoms with E-state index in [1.165, 1.54) is 5.56 Å². The van der Waals surface area contributed by atoms with Crippen LogP contribution in [0.3, 0.4) is 0 Å². The minimum atomic E-state index is 0.0796. The van der Waals surface area contributed by atoms with Crippen LogP contribution in [-0.4, -0.2) is 25.0 Å². The van der Waals surface area contributed by atoms with Crippen LogP contribution in [0.4, 0.5) is 0 Å². The van der Waals surface area contributed by atoms with Gasteiger partial charge in [0.2, 0.25) is 0 Å². The van der Waals surface area contributed by atoms with Crippen molar-refractivity contribution in [2.24, 2.45) is 0 Å². The lowest BCUT2D eigenvalue weighted by Crippen LogP contribution is -2.28. The maximum atomic E-state index is 6.19. The zero-order valence-electron chi connectivity index (χ0n) is 12.5. The van der Waals surface area contributed by atoms with Crippen molar-refractivity contribution in [3.05, 3.63) is 66.2 Å². The summed E-state index contributed by atoms with van der Waals surface area (Å²) in [4.78, 5) is 2.23. The first-order valence-electron chi connectivity index (χ1n) is 7.10. The van der Waals surface area contributed by atoms with Gasteiger partial charge >= 0.3 is 0 Å². The van der Waals surface area contributed by atoms with Gasteiger partial charge in [0.1, 0.15) is 11.9 Å². The van der Waals surface area contributed by atoms with E-state index in [0.717, 1.165) is 12.2 Å². The molecule has 2 aromatic rings. The molecule has 0 fully saturated rings. The zero-order chi connectivity index (χ0) is 14.4. The van der Waals surface area contributed by atoms with E-state index in [0.29, 0.717) is 6.04 Å². The lowest BCUT2D eigenvalue weighted by atomic mass is 10.0. The Morgan fingerprint density at radius 1 is 0.900 bits per heavy atom. The predicted octanol–water partition coefficient (Wildman–Crippen LogP) is 4.15. The molecule has 0 bridgehead atoms. The first kappa shape index (κ1) is 14.6. The van der Waals surface area contributed by atoms with Crippen molar-refractivity contribution in [1.82, 2.24) is 4.90 Å². The topological polar surface area (TPSA) is 12.5 Å². The van der Waals surface area contributed by atoms with Gasteiger partial charge in [-0.2, -0.15) is 0 Å². The van der Waals surface area contributed by atoms with E-state index >= 15 is 0 Å². The Labute approximate surface area is 122 Å². The largest absolute Gasteiger partial charge is 0.486 e. The average Bonchev–Trinajstić information content (AvgIpc) is 2.48. The standard InChI is InChI=1S/C18H23NO/c1-15(19(2)3)14-18(16-10-6-4-7-11-16)20-17-12-8-5-9-13-17/h4-13,15,18H,14H2,1-3H3. The highest BCUT2D eigenvalue weighted by molar-refractivity contribution is 5.24. The Morgan fingerprint density at radius 3 is 2.00 bits per heavy atom. The molecule has 0 aromatic heterocycles. The molecule has 106 valence electrons. The third-order valence-corrected chi connectivity index (χ3v) is 3.63. The van der Waals surface area contributed by atoms with Crippen LogP contribution in [-0.2, 0) is 0 Å². The van der Waals surface area contributed by atoms with Crippen LogP contribution in [0.15, 0.2) is 60.7 Å². The van der Waals surface area contributed by atoms with Gasteiger partial charge in [-0.1, -0.05) is 48.5 Å². The SMILES string of the molecule is CC(CC(Oc1ccccc1)c1ccccc1)N(C)C. The third-order valence-electron chi connectivity index (χ3n) is 3.63. The number of para-hydroxylation sites is 1. The molecule has 2 atom stereocenters. The second-order valence-corrected chi connectivity index (χ2v) is 5.38. The second-order valence-electron chi connectivity index (χ2n) is 5.38. The summed E-state index contributed by atoms with van der Waals surface area (Å²) >= 11 is 0. The van der Waals surface area contributed by atoms with Gasteiger partial charge in [-0.25, -0.2) is 0 Å². The molecule has 20 heavy (non-hydrogen) atoms. The fourth-order valence-electron chi connectivity index (χ4n) is 2.10. The van der Waals surface area contributed by atoms with Gasteiger partial charge in [-0.15, -0.1) is 0 Å². The summed E-state index contributed by atoms with van der Waals surface area (Å²) in [6.07, 6.45) is 1.04. The molecular formula is C18H23NO. The Morgan fingerprint density at radius 2 is 1.45 bits per heavy atom. The Kier molecular flexibility index (Phi) is 5.19. The lowest BCUT2D eigenvalue weighted by molar-refractivity contribution is 0.152. The van der Waals surface area contributed by atoms with Gasteiger partial charge in [0.25, 0.3) is 0 Å². The van der Waals surface area contributed by atoms with Crippen LogP contribution < -0.4 is 4.74 Å². The van der Waals surface area contributed by atoms with Crippen LogP contribution in [0.5, 0.6) is 5.75 Å². The Hall–Kier alpha value is -1.80. The van der Waals surface area contributed by atoms with Crippen molar-refractivity contribution in [3.8, 4) is 5.75 Å². The van der Waals surface area contributed by atoms with E-state index in [9.17, 15) is 0 Å². The molecular weight excluding hydrogens is 246 g/mol. The van der Waals surface area contributed by atoms with Gasteiger partial charge in [0, 0.05) is 12.5 Å². The number of hydrogen-bond acceptors (Lipinski definition) is 2. The van der Waals surface area contributed by atoms with Crippen molar-refractivity contribution in [3.63, 3.8) is 0 Å². The highest BCUT2D eigenvalue weighted by Gasteiger charge is 2.18. The zero-order valence-corrected chi connectivity index (χ0v) is 12.5. The number of benzene rings is 2. The highest BCUT2D eigenvalue weighted by Crippen LogP contribution is 2.26. The van der Waals surface area contributed by atoms with Crippen molar-refractivity contribution < 1.29 is 4.74 Å². The summed E-state index contributed by atoms with van der Waals surface area (Å²) in [6.45, 7) is 2.23. The molecule has 0 N–H and O–H groups in total. The van der Waals surface area contributed by atoms with Crippen LogP contribution in [0, 0.1) is 0 Å². The molecule has 0 aliphatic rings. The number of ether oxygens (including phenoxy) is 1. The number of rotatable bonds is 6. The van der Waals surface area contributed by atoms with Crippen LogP contribution in [0.25, 0.3) is 0 Å². The van der Waals surface area contributed by atoms with Gasteiger partial charge < -0.3 is 9.64 Å². The first-order valence-corrected chi connectivity index (χ1v) is 7.10. The minimum Gasteiger partial charge on any atom is -0.486 e. The maximum Gasteiger partial charge on any atom is 0.125 e. The molecule has 0 heterocycles. The Bertz CT molecular complexity index is 495. The van der Waals surface area contributed by atoms with E-state index in [4.69, 9.17) is 4.74 Å². The summed E-state index contributed by atoms with van der Waals surface area (Å²) in [7, 11) is 4.21. The third kappa shape index (κ3) is 4.10. The van der Waals surface area contributed by atoms with Crippen LogP contribution >= 0.6 is 0 Å². The molecule has 2 aromatic carbocycles. The fraction of sp³-hybridized carbons (Fsp3) is 0.333. The van der Waals surface area contributed by atoms with Crippen LogP contribution in [0.1, 0.15) is 25.0 Å². The fourth-order valence-corrected chi connectivity index (χ4v) is 2.10. The normalized spacial score (nSPS) is 14.0. The van der Waals surface area contributed by atoms with Gasteiger partial charge in [0.15, 0.2) is 0 Å². The van der Waals surface area contributed by atoms with Crippen LogP contribution in [0.2, 0.25) is 0 Å². The molecule has 0 radical (unpaired) electrons. The quantitative estimate of drug-likeness (QED) is 0.781. The van der Waals surface area contributed by atoms with Crippen molar-refractivity contribution in [1.29, 1.82) is 0 Å². The molecule has 0 spiro atoms. The number of nitrogens with zero attached hydrogens (tertiary/aromatic N) is 1. The van der Waals surface area contributed by atoms with E-state index in [2.05, 4.69) is 50.2 Å². The maximum absolute atomic E-state index is 6.19. The van der Waals surface area contributed by atoms with E-state index < -0.39 is 0 Å². The molecule has 0 aliphatic carbocycles. The lowest BCUT2D eigenvalue weighted by Gasteiger charge is -2.26. The molecule has 0 saturated heterocycles. The van der Waals surface area contributed by atoms with Crippen molar-refractivity contribution in [2.75, 3.05) is 14.1 Å². The molecule has 0 saturated carbocycles. The summed E-state index contributed by atoms with van der Waals surface area (Å²) in [5.41, 5.74) is 1.23. The van der Waals surface area contributed by atoms with E-state index in [1.807, 2.05) is 36.4 Å². The molecule has 2 nitrogen and oxygen atoms in total. The molecule has 0 aliphatic heterocycles. The molecule has 2 heteroatoms. The average molecular weight is 269 g/mol. The first-order chi connectivity index (χ1) is 9.66. The molecule has 0 amide bonds. The highest BCUT2D eigenvalue weighted by atomic mass is 16.5. The van der Waals surface area contributed by atoms with Gasteiger partial charge in [0.05, 0.1) is 0 Å². The number of hydrogen-bond donors (Lipinski definition) is 0.